The summed E-state index contributed by atoms with van der Waals surface area (Å²) < 4.78 is 85.1. The molecular weight excluding hydrogens is 571 g/mol. The fourth-order valence-corrected chi connectivity index (χ4v) is 4.50. The van der Waals surface area contributed by atoms with Crippen molar-refractivity contribution in [1.29, 1.82) is 0 Å². The maximum atomic E-state index is 11.8. The first-order valence-corrected chi connectivity index (χ1v) is 13.8. The minimum Gasteiger partial charge on any atom is -0.377 e. The highest BCUT2D eigenvalue weighted by Gasteiger charge is 2.28. The highest BCUT2D eigenvalue weighted by Crippen LogP contribution is 2.29. The van der Waals surface area contributed by atoms with E-state index in [-0.39, 0.29) is 38.6 Å². The number of benzene rings is 2. The van der Waals surface area contributed by atoms with Crippen LogP contribution in [0.4, 0.5) is 30.2 Å². The predicted octanol–water partition coefficient (Wildman–Crippen LogP) is 4.38. The van der Waals surface area contributed by atoms with Crippen LogP contribution in [0.25, 0.3) is 0 Å². The van der Waals surface area contributed by atoms with Gasteiger partial charge in [0.15, 0.2) is 19.7 Å². The molecule has 0 heterocycles. The third-order valence-corrected chi connectivity index (χ3v) is 8.23. The van der Waals surface area contributed by atoms with Crippen LogP contribution in [-0.4, -0.2) is 57.7 Å². The van der Waals surface area contributed by atoms with Gasteiger partial charge in [-0.2, -0.15) is 0 Å². The van der Waals surface area contributed by atoms with E-state index in [1.54, 1.807) is 0 Å². The number of nitrogens with zero attached hydrogens (tertiary/aromatic N) is 2. The summed E-state index contributed by atoms with van der Waals surface area (Å²) in [5, 5.41) is 23.8. The Balaban J connectivity index is 0.000000397. The molecule has 2 aromatic rings. The van der Waals surface area contributed by atoms with Gasteiger partial charge in [-0.1, -0.05) is 25.4 Å². The van der Waals surface area contributed by atoms with Gasteiger partial charge in [0, 0.05) is 18.7 Å². The topological polar surface area (TPSA) is 176 Å². The fraction of sp³-hybridized carbons (Fsp3) is 0.368. The molecule has 18 heteroatoms. The summed E-state index contributed by atoms with van der Waals surface area (Å²) in [7, 11) is -7.06. The van der Waals surface area contributed by atoms with Crippen LogP contribution in [0.1, 0.15) is 13.8 Å². The summed E-state index contributed by atoms with van der Waals surface area (Å²) in [6, 6.07) is 6.59. The van der Waals surface area contributed by atoms with E-state index in [1.807, 2.05) is 0 Å². The van der Waals surface area contributed by atoms with Gasteiger partial charge in [0.25, 0.3) is 11.4 Å². The maximum Gasteiger partial charge on any atom is 0.522 e. The molecule has 0 aliphatic rings. The standard InChI is InChI=1S/C11H13F3N2O5S.C8H8ClNO4S/c1-2-22(19,20)8-3-4-9(10(7-8)16(17)18)15-5-6-21-11(12,13)14;1-2-15(13,14)6-3-4-7(9)8(5-6)10(11)12/h3-4,7,15H,2,5-6H2,1H3;3-5H,2H2,1H3. The van der Waals surface area contributed by atoms with Crippen molar-refractivity contribution in [2.75, 3.05) is 30.0 Å². The Hall–Kier alpha value is -3.02. The van der Waals surface area contributed by atoms with Crippen molar-refractivity contribution < 1.29 is 44.6 Å². The Bertz CT molecular complexity index is 1350. The van der Waals surface area contributed by atoms with Gasteiger partial charge in [0.2, 0.25) is 0 Å². The van der Waals surface area contributed by atoms with Crippen LogP contribution in [0, 0.1) is 20.2 Å². The molecule has 1 N–H and O–H groups in total. The molecule has 0 aliphatic heterocycles. The number of halogens is 4. The molecule has 37 heavy (non-hydrogen) atoms. The zero-order valence-corrected chi connectivity index (χ0v) is 21.6. The van der Waals surface area contributed by atoms with Crippen molar-refractivity contribution in [3.63, 3.8) is 0 Å². The second kappa shape index (κ2) is 13.0. The number of ether oxygens (including phenoxy) is 1. The molecule has 206 valence electrons. The minimum absolute atomic E-state index is 0.0740. The normalized spacial score (nSPS) is 11.8. The molecule has 0 fully saturated rings. The van der Waals surface area contributed by atoms with Gasteiger partial charge < -0.3 is 5.32 Å². The van der Waals surface area contributed by atoms with E-state index in [9.17, 15) is 50.2 Å². The van der Waals surface area contributed by atoms with Crippen LogP contribution in [0.3, 0.4) is 0 Å². The van der Waals surface area contributed by atoms with Crippen molar-refractivity contribution in [2.45, 2.75) is 30.0 Å². The van der Waals surface area contributed by atoms with Crippen LogP contribution >= 0.6 is 11.6 Å². The summed E-state index contributed by atoms with van der Waals surface area (Å²) in [4.78, 5) is 19.6. The van der Waals surface area contributed by atoms with Gasteiger partial charge in [-0.05, 0) is 24.3 Å². The van der Waals surface area contributed by atoms with Crippen molar-refractivity contribution in [3.05, 3.63) is 61.6 Å². The first kappa shape index (κ1) is 32.0. The number of sulfone groups is 2. The summed E-state index contributed by atoms with van der Waals surface area (Å²) in [6.45, 7) is 1.79. The molecule has 0 aliphatic carbocycles. The zero-order chi connectivity index (χ0) is 28.6. The molecule has 0 amide bonds. The van der Waals surface area contributed by atoms with Gasteiger partial charge >= 0.3 is 6.36 Å². The van der Waals surface area contributed by atoms with E-state index < -0.39 is 53.9 Å². The molecule has 0 bridgehead atoms. The van der Waals surface area contributed by atoms with Crippen LogP contribution < -0.4 is 5.32 Å². The van der Waals surface area contributed by atoms with E-state index in [2.05, 4.69) is 10.1 Å². The van der Waals surface area contributed by atoms with Crippen molar-refractivity contribution in [1.82, 2.24) is 0 Å². The van der Waals surface area contributed by atoms with Crippen LogP contribution in [0.5, 0.6) is 0 Å². The molecule has 0 saturated heterocycles. The fourth-order valence-electron chi connectivity index (χ4n) is 2.52. The molecule has 0 atom stereocenters. The van der Waals surface area contributed by atoms with E-state index in [1.165, 1.54) is 26.0 Å². The lowest BCUT2D eigenvalue weighted by atomic mass is 10.2. The first-order valence-electron chi connectivity index (χ1n) is 10.1. The van der Waals surface area contributed by atoms with E-state index in [0.717, 1.165) is 24.3 Å². The number of hydrogen-bond donors (Lipinski definition) is 1. The Labute approximate surface area is 214 Å². The lowest BCUT2D eigenvalue weighted by molar-refractivity contribution is -0.384. The lowest BCUT2D eigenvalue weighted by Gasteiger charge is -2.10. The highest BCUT2D eigenvalue weighted by atomic mass is 35.5. The Morgan fingerprint density at radius 1 is 0.892 bits per heavy atom. The predicted molar refractivity (Wildman–Crippen MR) is 127 cm³/mol. The van der Waals surface area contributed by atoms with Gasteiger partial charge in [-0.25, -0.2) is 16.8 Å². The van der Waals surface area contributed by atoms with Crippen molar-refractivity contribution in [2.24, 2.45) is 0 Å². The number of nitrogens with one attached hydrogen (secondary N) is 1. The second-order valence-electron chi connectivity index (χ2n) is 6.83. The average molecular weight is 592 g/mol. The van der Waals surface area contributed by atoms with E-state index in [0.29, 0.717) is 0 Å². The highest BCUT2D eigenvalue weighted by molar-refractivity contribution is 7.91. The third kappa shape index (κ3) is 9.75. The molecule has 0 spiro atoms. The summed E-state index contributed by atoms with van der Waals surface area (Å²) in [6.07, 6.45) is -4.79. The molecule has 0 aromatic heterocycles. The SMILES string of the molecule is CCS(=O)(=O)c1ccc(Cl)c([N+](=O)[O-])c1.CCS(=O)(=O)c1ccc(NCCOC(F)(F)F)c([N+](=O)[O-])c1. The van der Waals surface area contributed by atoms with Gasteiger partial charge in [-0.15, -0.1) is 13.2 Å². The molecule has 0 unspecified atom stereocenters. The van der Waals surface area contributed by atoms with Gasteiger partial charge in [0.05, 0.1) is 37.8 Å². The molecule has 0 radical (unpaired) electrons. The maximum absolute atomic E-state index is 11.8. The molecule has 2 aromatic carbocycles. The zero-order valence-electron chi connectivity index (χ0n) is 19.2. The van der Waals surface area contributed by atoms with Gasteiger partial charge in [-0.3, -0.25) is 25.0 Å². The number of anilines is 1. The second-order valence-corrected chi connectivity index (χ2v) is 11.8. The van der Waals surface area contributed by atoms with Crippen molar-refractivity contribution in [3.8, 4) is 0 Å². The van der Waals surface area contributed by atoms with Crippen LogP contribution in [-0.2, 0) is 24.4 Å². The van der Waals surface area contributed by atoms with E-state index in [4.69, 9.17) is 11.6 Å². The third-order valence-electron chi connectivity index (χ3n) is 4.44. The number of hydrogen-bond acceptors (Lipinski definition) is 10. The molecular formula is C19H21ClF3N3O9S2. The summed E-state index contributed by atoms with van der Waals surface area (Å²) >= 11 is 5.55. The van der Waals surface area contributed by atoms with Crippen LogP contribution in [0.15, 0.2) is 46.2 Å². The molecule has 0 saturated carbocycles. The quantitative estimate of drug-likeness (QED) is 0.237. The smallest absolute Gasteiger partial charge is 0.377 e. The minimum atomic E-state index is -4.79. The Morgan fingerprint density at radius 2 is 1.35 bits per heavy atom. The number of alkyl halides is 3. The number of nitro groups is 2. The van der Waals surface area contributed by atoms with E-state index >= 15 is 0 Å². The average Bonchev–Trinajstić information content (AvgIpc) is 2.81. The largest absolute Gasteiger partial charge is 0.522 e. The summed E-state index contributed by atoms with van der Waals surface area (Å²) in [5.74, 6) is -0.331. The first-order chi connectivity index (χ1) is 16.9. The number of nitro benzene ring substituents is 2. The summed E-state index contributed by atoms with van der Waals surface area (Å²) in [5.41, 5.74) is -1.03. The van der Waals surface area contributed by atoms with Gasteiger partial charge in [0.1, 0.15) is 10.7 Å². The van der Waals surface area contributed by atoms with Crippen LogP contribution in [0.2, 0.25) is 5.02 Å². The van der Waals surface area contributed by atoms with Crippen molar-refractivity contribution >= 4 is 48.3 Å². The Morgan fingerprint density at radius 3 is 1.78 bits per heavy atom. The lowest BCUT2D eigenvalue weighted by Crippen LogP contribution is -2.19. The molecule has 12 nitrogen and oxygen atoms in total. The monoisotopic (exact) mass is 591 g/mol. The number of rotatable bonds is 10. The molecule has 2 rings (SSSR count). The Kier molecular flexibility index (Phi) is 11.2.